The van der Waals surface area contributed by atoms with E-state index in [-0.39, 0.29) is 10.5 Å². The van der Waals surface area contributed by atoms with Gasteiger partial charge in [0.2, 0.25) is 0 Å². The number of carbonyl (C=O) groups excluding carboxylic acids is 2. The predicted octanol–water partition coefficient (Wildman–Crippen LogP) is 5.16. The van der Waals surface area contributed by atoms with Crippen LogP contribution in [0, 0.1) is 6.92 Å². The maximum atomic E-state index is 13.5. The third kappa shape index (κ3) is 8.22. The molecule has 0 spiro atoms. The zero-order valence-corrected chi connectivity index (χ0v) is 22.1. The van der Waals surface area contributed by atoms with Crippen molar-refractivity contribution in [3.8, 4) is 11.5 Å². The fourth-order valence-corrected chi connectivity index (χ4v) is 9.92. The molecular weight excluding hydrogens is 487 g/mol. The van der Waals surface area contributed by atoms with Gasteiger partial charge in [0.15, 0.2) is 0 Å². The minimum absolute atomic E-state index is 0.190. The van der Waals surface area contributed by atoms with Gasteiger partial charge in [0.05, 0.1) is 0 Å². The first-order valence-electron chi connectivity index (χ1n) is 10.7. The Kier molecular flexibility index (Phi) is 11.8. The number of methoxy groups -OCH3 is 3. The van der Waals surface area contributed by atoms with E-state index in [9.17, 15) is 9.59 Å². The number of benzene rings is 2. The molecule has 0 aromatic heterocycles. The summed E-state index contributed by atoms with van der Waals surface area (Å²) in [6.07, 6.45) is 2.39. The third-order valence-electron chi connectivity index (χ3n) is 5.21. The van der Waals surface area contributed by atoms with Crippen LogP contribution in [-0.2, 0) is 16.0 Å². The average molecular weight is 521 g/mol. The first-order valence-corrected chi connectivity index (χ1v) is 15.4. The SMILES string of the molecule is COC(=O)CCSCC[As](CCCc1ccccc1)C(=O)c1cc(OC)c(C)c(OC)c1. The van der Waals surface area contributed by atoms with Crippen molar-refractivity contribution in [3.05, 3.63) is 59.2 Å². The van der Waals surface area contributed by atoms with E-state index < -0.39 is 14.7 Å². The molecule has 0 saturated carbocycles. The fourth-order valence-electron chi connectivity index (χ4n) is 3.36. The number of esters is 1. The van der Waals surface area contributed by atoms with Gasteiger partial charge in [0.25, 0.3) is 0 Å². The van der Waals surface area contributed by atoms with E-state index in [4.69, 9.17) is 14.2 Å². The molecule has 0 heterocycles. The van der Waals surface area contributed by atoms with Crippen LogP contribution in [-0.4, -0.2) is 58.0 Å². The molecule has 0 radical (unpaired) electrons. The quantitative estimate of drug-likeness (QED) is 0.195. The monoisotopic (exact) mass is 520 g/mol. The Labute approximate surface area is 200 Å². The standard InChI is InChI=1S/C25H33AsO5S/c1-19-22(29-2)17-21(18-23(19)30-3)25(28)26(14-16-32-15-12-24(27)31-4)13-8-11-20-9-6-5-7-10-20/h5-7,9-10,17-18H,8,11-16H2,1-4H3. The maximum absolute atomic E-state index is 13.5. The second kappa shape index (κ2) is 14.3. The summed E-state index contributed by atoms with van der Waals surface area (Å²) in [7, 11) is 4.64. The molecule has 0 N–H and O–H groups in total. The molecule has 174 valence electrons. The van der Waals surface area contributed by atoms with E-state index in [0.717, 1.165) is 40.3 Å². The van der Waals surface area contributed by atoms with Crippen LogP contribution < -0.4 is 9.47 Å². The van der Waals surface area contributed by atoms with Gasteiger partial charge < -0.3 is 0 Å². The van der Waals surface area contributed by atoms with Crippen LogP contribution in [0.25, 0.3) is 0 Å². The molecule has 7 heteroatoms. The van der Waals surface area contributed by atoms with Crippen LogP contribution in [0.4, 0.5) is 0 Å². The van der Waals surface area contributed by atoms with Crippen molar-refractivity contribution < 1.29 is 23.8 Å². The van der Waals surface area contributed by atoms with E-state index in [0.29, 0.717) is 23.5 Å². The normalized spacial score (nSPS) is 11.6. The van der Waals surface area contributed by atoms with E-state index in [2.05, 4.69) is 24.3 Å². The predicted molar refractivity (Wildman–Crippen MR) is 133 cm³/mol. The summed E-state index contributed by atoms with van der Waals surface area (Å²) in [5, 5.41) is 1.86. The number of thioether (sulfide) groups is 1. The van der Waals surface area contributed by atoms with E-state index in [1.54, 1.807) is 26.0 Å². The average Bonchev–Trinajstić information content (AvgIpc) is 2.82. The molecule has 0 bridgehead atoms. The van der Waals surface area contributed by atoms with E-state index in [1.165, 1.54) is 12.7 Å². The fraction of sp³-hybridized carbons (Fsp3) is 0.440. The van der Waals surface area contributed by atoms with Crippen LogP contribution in [0.5, 0.6) is 11.5 Å². The molecule has 0 amide bonds. The van der Waals surface area contributed by atoms with Gasteiger partial charge in [-0.1, -0.05) is 0 Å². The zero-order valence-electron chi connectivity index (χ0n) is 19.4. The third-order valence-corrected chi connectivity index (χ3v) is 12.0. The summed E-state index contributed by atoms with van der Waals surface area (Å²) in [5.74, 6) is 2.77. The van der Waals surface area contributed by atoms with Crippen molar-refractivity contribution in [2.45, 2.75) is 36.6 Å². The van der Waals surface area contributed by atoms with Gasteiger partial charge in [0, 0.05) is 0 Å². The molecule has 5 nitrogen and oxygen atoms in total. The molecule has 0 fully saturated rings. The number of hydrogen-bond acceptors (Lipinski definition) is 6. The Morgan fingerprint density at radius 1 is 0.938 bits per heavy atom. The van der Waals surface area contributed by atoms with Crippen LogP contribution in [0.1, 0.15) is 34.3 Å². The van der Waals surface area contributed by atoms with Gasteiger partial charge >= 0.3 is 201 Å². The van der Waals surface area contributed by atoms with Crippen LogP contribution in [0.2, 0.25) is 10.4 Å². The Hall–Kier alpha value is -1.91. The first-order chi connectivity index (χ1) is 15.5. The Morgan fingerprint density at radius 3 is 2.19 bits per heavy atom. The Bertz CT molecular complexity index is 847. The van der Waals surface area contributed by atoms with Crippen molar-refractivity contribution in [2.24, 2.45) is 0 Å². The second-order valence-electron chi connectivity index (χ2n) is 7.33. The van der Waals surface area contributed by atoms with Gasteiger partial charge in [0.1, 0.15) is 0 Å². The molecule has 2 aromatic rings. The molecule has 1 unspecified atom stereocenters. The number of aryl methyl sites for hydroxylation is 1. The van der Waals surface area contributed by atoms with Crippen molar-refractivity contribution >= 4 is 37.0 Å². The summed E-state index contributed by atoms with van der Waals surface area (Å²) in [6.45, 7) is 1.93. The molecule has 0 aliphatic rings. The van der Waals surface area contributed by atoms with Crippen LogP contribution >= 0.6 is 11.8 Å². The van der Waals surface area contributed by atoms with Crippen molar-refractivity contribution in [1.29, 1.82) is 0 Å². The number of rotatable bonds is 14. The van der Waals surface area contributed by atoms with Crippen LogP contribution in [0.15, 0.2) is 42.5 Å². The number of hydrogen-bond donors (Lipinski definition) is 0. The Balaban J connectivity index is 2.07. The second-order valence-corrected chi connectivity index (χ2v) is 13.5. The first kappa shape index (κ1) is 26.3. The van der Waals surface area contributed by atoms with Gasteiger partial charge in [-0.05, 0) is 0 Å². The summed E-state index contributed by atoms with van der Waals surface area (Å²) in [6, 6.07) is 14.1. The van der Waals surface area contributed by atoms with Gasteiger partial charge in [-0.25, -0.2) is 0 Å². The molecule has 32 heavy (non-hydrogen) atoms. The number of carbonyl (C=O) groups is 2. The molecule has 0 aliphatic heterocycles. The van der Waals surface area contributed by atoms with Gasteiger partial charge in [-0.15, -0.1) is 0 Å². The van der Waals surface area contributed by atoms with Crippen molar-refractivity contribution in [2.75, 3.05) is 32.8 Å². The molecule has 2 rings (SSSR count). The van der Waals surface area contributed by atoms with Gasteiger partial charge in [-0.2, -0.15) is 0 Å². The molecule has 1 atom stereocenters. The van der Waals surface area contributed by atoms with Gasteiger partial charge in [-0.3, -0.25) is 0 Å². The number of ether oxygens (including phenoxy) is 3. The minimum atomic E-state index is -1.82. The van der Waals surface area contributed by atoms with E-state index in [1.807, 2.05) is 25.1 Å². The summed E-state index contributed by atoms with van der Waals surface area (Å²) in [5.41, 5.74) is 2.89. The zero-order chi connectivity index (χ0) is 23.3. The van der Waals surface area contributed by atoms with Crippen LogP contribution in [0.3, 0.4) is 0 Å². The van der Waals surface area contributed by atoms with Crippen molar-refractivity contribution in [3.63, 3.8) is 0 Å². The summed E-state index contributed by atoms with van der Waals surface area (Å²) >= 11 is -0.0988. The molecular formula is C25H33AsO5S. The molecule has 0 aliphatic carbocycles. The summed E-state index contributed by atoms with van der Waals surface area (Å²) in [4.78, 5) is 24.8. The topological polar surface area (TPSA) is 61.8 Å². The molecule has 0 saturated heterocycles. The van der Waals surface area contributed by atoms with Crippen molar-refractivity contribution in [1.82, 2.24) is 0 Å². The van der Waals surface area contributed by atoms with E-state index >= 15 is 0 Å². The molecule has 2 aromatic carbocycles. The summed E-state index contributed by atoms with van der Waals surface area (Å²) < 4.78 is 15.9. The Morgan fingerprint density at radius 2 is 1.59 bits per heavy atom.